The molecule has 0 amide bonds. The van der Waals surface area contributed by atoms with Crippen LogP contribution in [0, 0.1) is 0 Å². The summed E-state index contributed by atoms with van der Waals surface area (Å²) >= 11 is 0. The fourth-order valence-corrected chi connectivity index (χ4v) is 3.86. The van der Waals surface area contributed by atoms with E-state index in [0.717, 1.165) is 17.1 Å². The lowest BCUT2D eigenvalue weighted by molar-refractivity contribution is -0.152. The summed E-state index contributed by atoms with van der Waals surface area (Å²) in [6, 6.07) is 17.6. The smallest absolute Gasteiger partial charge is 0.351 e. The van der Waals surface area contributed by atoms with Crippen LogP contribution < -0.4 is 11.4 Å². The summed E-state index contributed by atoms with van der Waals surface area (Å²) in [4.78, 5) is 40.3. The van der Waals surface area contributed by atoms with Gasteiger partial charge in [-0.25, -0.2) is 14.0 Å². The van der Waals surface area contributed by atoms with Crippen LogP contribution in [0.1, 0.15) is 34.6 Å². The predicted octanol–water partition coefficient (Wildman–Crippen LogP) is 2.44. The molecular formula is C25H24FN3O6. The Kier molecular flexibility index (Phi) is 7.21. The van der Waals surface area contributed by atoms with Gasteiger partial charge in [0.15, 0.2) is 18.5 Å². The summed E-state index contributed by atoms with van der Waals surface area (Å²) in [6.07, 6.45) is -4.19. The second kappa shape index (κ2) is 10.5. The van der Waals surface area contributed by atoms with E-state index < -0.39 is 48.8 Å². The van der Waals surface area contributed by atoms with Gasteiger partial charge in [0.2, 0.25) is 0 Å². The Bertz CT molecular complexity index is 1250. The zero-order valence-electron chi connectivity index (χ0n) is 18.9. The number of nitrogen functional groups attached to an aromatic ring is 1. The van der Waals surface area contributed by atoms with Gasteiger partial charge in [0.1, 0.15) is 18.5 Å². The van der Waals surface area contributed by atoms with Crippen LogP contribution in [0.5, 0.6) is 0 Å². The van der Waals surface area contributed by atoms with Gasteiger partial charge in [-0.3, -0.25) is 9.36 Å². The molecule has 0 saturated carbocycles. The van der Waals surface area contributed by atoms with Crippen LogP contribution in [-0.4, -0.2) is 46.5 Å². The number of halogens is 1. The summed E-state index contributed by atoms with van der Waals surface area (Å²) in [5, 5.41) is 0. The number of aromatic nitrogens is 2. The van der Waals surface area contributed by atoms with Crippen molar-refractivity contribution >= 4 is 17.8 Å². The molecule has 0 bridgehead atoms. The average Bonchev–Trinajstić information content (AvgIpc) is 3.15. The van der Waals surface area contributed by atoms with Gasteiger partial charge in [0.05, 0.1) is 5.56 Å². The van der Waals surface area contributed by atoms with Gasteiger partial charge in [-0.2, -0.15) is 4.98 Å². The third-order valence-corrected chi connectivity index (χ3v) is 5.53. The van der Waals surface area contributed by atoms with E-state index in [2.05, 4.69) is 4.98 Å². The first-order valence-electron chi connectivity index (χ1n) is 10.9. The number of carbonyl (C=O) groups excluding carboxylic acids is 2. The van der Waals surface area contributed by atoms with Crippen molar-refractivity contribution in [1.29, 1.82) is 0 Å². The number of rotatable bonds is 7. The van der Waals surface area contributed by atoms with Crippen molar-refractivity contribution in [3.8, 4) is 0 Å². The van der Waals surface area contributed by atoms with E-state index in [-0.39, 0.29) is 5.82 Å². The predicted molar refractivity (Wildman–Crippen MR) is 123 cm³/mol. The van der Waals surface area contributed by atoms with Gasteiger partial charge >= 0.3 is 17.6 Å². The van der Waals surface area contributed by atoms with E-state index in [1.807, 2.05) is 30.3 Å². The molecule has 2 aromatic carbocycles. The summed E-state index contributed by atoms with van der Waals surface area (Å²) in [5.74, 6) is -1.37. The van der Waals surface area contributed by atoms with Crippen molar-refractivity contribution in [3.63, 3.8) is 0 Å². The van der Waals surface area contributed by atoms with E-state index in [0.29, 0.717) is 17.5 Å². The van der Waals surface area contributed by atoms with Gasteiger partial charge in [-0.15, -0.1) is 0 Å². The van der Waals surface area contributed by atoms with Crippen LogP contribution in [0.4, 0.5) is 10.2 Å². The topological polar surface area (TPSA) is 123 Å². The van der Waals surface area contributed by atoms with Crippen LogP contribution in [-0.2, 0) is 25.4 Å². The normalized spacial score (nSPS) is 21.4. The van der Waals surface area contributed by atoms with Crippen LogP contribution in [0.2, 0.25) is 0 Å². The lowest BCUT2D eigenvalue weighted by atomic mass is 10.1. The highest BCUT2D eigenvalue weighted by Crippen LogP contribution is 2.34. The second-order valence-electron chi connectivity index (χ2n) is 8.05. The molecule has 2 heterocycles. The molecule has 1 saturated heterocycles. The van der Waals surface area contributed by atoms with Crippen LogP contribution in [0.3, 0.4) is 0 Å². The van der Waals surface area contributed by atoms with Gasteiger partial charge in [0.25, 0.3) is 0 Å². The Balaban J connectivity index is 1.57. The highest BCUT2D eigenvalue weighted by molar-refractivity contribution is 5.89. The molecule has 10 heteroatoms. The lowest BCUT2D eigenvalue weighted by Crippen LogP contribution is -2.37. The minimum absolute atomic E-state index is 0.0217. The molecule has 35 heavy (non-hydrogen) atoms. The highest BCUT2D eigenvalue weighted by Gasteiger charge is 2.49. The van der Waals surface area contributed by atoms with Gasteiger partial charge in [-0.1, -0.05) is 48.5 Å². The lowest BCUT2D eigenvalue weighted by Gasteiger charge is -2.18. The minimum atomic E-state index is -1.92. The molecule has 0 aliphatic carbocycles. The molecule has 182 valence electrons. The average molecular weight is 481 g/mol. The number of ether oxygens (including phenoxy) is 3. The molecule has 1 aliphatic rings. The number of benzene rings is 2. The van der Waals surface area contributed by atoms with Gasteiger partial charge in [0, 0.05) is 25.1 Å². The Morgan fingerprint density at radius 1 is 1.11 bits per heavy atom. The summed E-state index contributed by atoms with van der Waals surface area (Å²) < 4.78 is 32.6. The van der Waals surface area contributed by atoms with Crippen molar-refractivity contribution < 1.29 is 28.2 Å². The van der Waals surface area contributed by atoms with Crippen molar-refractivity contribution in [1.82, 2.24) is 9.55 Å². The molecule has 1 aromatic heterocycles. The number of carbonyl (C=O) groups is 2. The van der Waals surface area contributed by atoms with Gasteiger partial charge in [-0.05, 0) is 17.7 Å². The first-order valence-corrected chi connectivity index (χ1v) is 10.9. The standard InChI is InChI=1S/C25H24FN3O6/c1-15(30)34-21-19(14-33-24(31)17-10-6-3-7-11-17)35-23(20(21)26)29-13-18(22(27)28-25(29)32)12-16-8-4-2-5-9-16/h2-11,13,19-21,23H,12,14H2,1H3,(H2,27,28,32)/t19-,20-,21-,23-/m1/s1. The van der Waals surface area contributed by atoms with Crippen molar-refractivity contribution in [2.75, 3.05) is 12.3 Å². The molecule has 9 nitrogen and oxygen atoms in total. The molecule has 1 aliphatic heterocycles. The number of anilines is 1. The fraction of sp³-hybridized carbons (Fsp3) is 0.280. The van der Waals surface area contributed by atoms with E-state index in [4.69, 9.17) is 19.9 Å². The Labute approximate surface area is 200 Å². The van der Waals surface area contributed by atoms with Crippen LogP contribution in [0.25, 0.3) is 0 Å². The molecule has 2 N–H and O–H groups in total. The zero-order chi connectivity index (χ0) is 24.9. The maximum atomic E-state index is 15.5. The second-order valence-corrected chi connectivity index (χ2v) is 8.05. The molecule has 0 unspecified atom stereocenters. The number of nitrogens with two attached hydrogens (primary N) is 1. The molecule has 3 aromatic rings. The quantitative estimate of drug-likeness (QED) is 0.511. The SMILES string of the molecule is CC(=O)O[C@H]1[C@@H](F)[C@H](n2cc(Cc3ccccc3)c(N)nc2=O)O[C@@H]1COC(=O)c1ccccc1. The molecule has 4 atom stereocenters. The highest BCUT2D eigenvalue weighted by atomic mass is 19.1. The van der Waals surface area contributed by atoms with Crippen molar-refractivity contribution in [2.24, 2.45) is 0 Å². The molecule has 0 radical (unpaired) electrons. The van der Waals surface area contributed by atoms with Gasteiger partial charge < -0.3 is 19.9 Å². The Morgan fingerprint density at radius 2 is 1.77 bits per heavy atom. The number of hydrogen-bond donors (Lipinski definition) is 1. The third-order valence-electron chi connectivity index (χ3n) is 5.53. The van der Waals surface area contributed by atoms with E-state index >= 15 is 4.39 Å². The van der Waals surface area contributed by atoms with Crippen LogP contribution in [0.15, 0.2) is 71.7 Å². The van der Waals surface area contributed by atoms with E-state index in [1.165, 1.54) is 6.20 Å². The number of alkyl halides is 1. The fourth-order valence-electron chi connectivity index (χ4n) is 3.86. The van der Waals surface area contributed by atoms with E-state index in [9.17, 15) is 14.4 Å². The largest absolute Gasteiger partial charge is 0.459 e. The maximum absolute atomic E-state index is 15.5. The van der Waals surface area contributed by atoms with Crippen molar-refractivity contribution in [2.45, 2.75) is 38.0 Å². The maximum Gasteiger partial charge on any atom is 0.351 e. The first-order chi connectivity index (χ1) is 16.8. The number of esters is 2. The molecule has 0 spiro atoms. The Morgan fingerprint density at radius 3 is 2.43 bits per heavy atom. The monoisotopic (exact) mass is 481 g/mol. The summed E-state index contributed by atoms with van der Waals surface area (Å²) in [7, 11) is 0. The Hall–Kier alpha value is -4.05. The molecular weight excluding hydrogens is 457 g/mol. The van der Waals surface area contributed by atoms with E-state index in [1.54, 1.807) is 30.3 Å². The zero-order valence-corrected chi connectivity index (χ0v) is 18.9. The minimum Gasteiger partial charge on any atom is -0.459 e. The third kappa shape index (κ3) is 5.55. The summed E-state index contributed by atoms with van der Waals surface area (Å²) in [5.41, 5.74) is 6.83. The number of nitrogens with zero attached hydrogens (tertiary/aromatic N) is 2. The van der Waals surface area contributed by atoms with Crippen molar-refractivity contribution in [3.05, 3.63) is 94.0 Å². The number of hydrogen-bond acceptors (Lipinski definition) is 8. The first kappa shape index (κ1) is 24.1. The molecule has 4 rings (SSSR count). The molecule has 1 fully saturated rings. The van der Waals surface area contributed by atoms with Crippen LogP contribution >= 0.6 is 0 Å². The summed E-state index contributed by atoms with van der Waals surface area (Å²) in [6.45, 7) is 0.735.